The summed E-state index contributed by atoms with van der Waals surface area (Å²) in [5, 5.41) is 18.4. The summed E-state index contributed by atoms with van der Waals surface area (Å²) >= 11 is 0. The van der Waals surface area contributed by atoms with Crippen LogP contribution in [0.3, 0.4) is 0 Å². The number of H-pyrrole nitrogens is 1. The van der Waals surface area contributed by atoms with E-state index in [0.717, 1.165) is 25.0 Å². The molecule has 0 saturated carbocycles. The summed E-state index contributed by atoms with van der Waals surface area (Å²) in [5.74, 6) is -0.532. The minimum atomic E-state index is -0.759. The van der Waals surface area contributed by atoms with E-state index in [4.69, 9.17) is 5.11 Å². The van der Waals surface area contributed by atoms with Crippen molar-refractivity contribution in [2.45, 2.75) is 52.9 Å². The number of hydrogen-bond acceptors (Lipinski definition) is 3. The van der Waals surface area contributed by atoms with E-state index in [-0.39, 0.29) is 12.3 Å². The SMILES string of the molecule is CCCC(CCNC(=O)c1c(C)n[nH]c1C)CCC(=O)O. The minimum absolute atomic E-state index is 0.118. The molecule has 0 bridgehead atoms. The number of amides is 1. The molecule has 0 radical (unpaired) electrons. The lowest BCUT2D eigenvalue weighted by Crippen LogP contribution is -2.27. The van der Waals surface area contributed by atoms with Gasteiger partial charge in [0.2, 0.25) is 0 Å². The second-order valence-corrected chi connectivity index (χ2v) is 5.44. The maximum atomic E-state index is 12.1. The van der Waals surface area contributed by atoms with Gasteiger partial charge in [-0.1, -0.05) is 19.8 Å². The first kappa shape index (κ1) is 17.2. The number of aromatic nitrogens is 2. The van der Waals surface area contributed by atoms with Crippen molar-refractivity contribution in [3.63, 3.8) is 0 Å². The number of carbonyl (C=O) groups is 2. The van der Waals surface area contributed by atoms with E-state index in [0.29, 0.717) is 30.1 Å². The van der Waals surface area contributed by atoms with E-state index in [9.17, 15) is 9.59 Å². The molecule has 0 aliphatic carbocycles. The Morgan fingerprint density at radius 1 is 1.29 bits per heavy atom. The van der Waals surface area contributed by atoms with Crippen molar-refractivity contribution in [1.82, 2.24) is 15.5 Å². The summed E-state index contributed by atoms with van der Waals surface area (Å²) < 4.78 is 0. The zero-order chi connectivity index (χ0) is 15.8. The van der Waals surface area contributed by atoms with Gasteiger partial charge < -0.3 is 10.4 Å². The van der Waals surface area contributed by atoms with Crippen LogP contribution < -0.4 is 5.32 Å². The number of hydrogen-bond donors (Lipinski definition) is 3. The lowest BCUT2D eigenvalue weighted by molar-refractivity contribution is -0.137. The average Bonchev–Trinajstić information content (AvgIpc) is 2.75. The Hall–Kier alpha value is -1.85. The molecule has 1 rings (SSSR count). The Bertz CT molecular complexity index is 463. The van der Waals surface area contributed by atoms with Crippen LogP contribution in [-0.2, 0) is 4.79 Å². The predicted octanol–water partition coefficient (Wildman–Crippen LogP) is 2.43. The lowest BCUT2D eigenvalue weighted by Gasteiger charge is -2.15. The molecule has 1 amide bonds. The van der Waals surface area contributed by atoms with E-state index < -0.39 is 5.97 Å². The zero-order valence-electron chi connectivity index (χ0n) is 13.0. The number of carboxylic acid groups (broad SMARTS) is 1. The first-order chi connectivity index (χ1) is 9.95. The van der Waals surface area contributed by atoms with Gasteiger partial charge in [0, 0.05) is 18.7 Å². The molecule has 1 heterocycles. The average molecular weight is 295 g/mol. The molecule has 1 atom stereocenters. The number of aliphatic carboxylic acids is 1. The van der Waals surface area contributed by atoms with Crippen molar-refractivity contribution >= 4 is 11.9 Å². The van der Waals surface area contributed by atoms with E-state index in [2.05, 4.69) is 22.4 Å². The first-order valence-electron chi connectivity index (χ1n) is 7.47. The Morgan fingerprint density at radius 2 is 2.00 bits per heavy atom. The van der Waals surface area contributed by atoms with Gasteiger partial charge in [-0.2, -0.15) is 5.10 Å². The molecule has 6 heteroatoms. The third-order valence-electron chi connectivity index (χ3n) is 3.66. The van der Waals surface area contributed by atoms with Crippen LogP contribution in [0.15, 0.2) is 0 Å². The summed E-state index contributed by atoms with van der Waals surface area (Å²) in [6, 6.07) is 0. The molecule has 1 aromatic heterocycles. The lowest BCUT2D eigenvalue weighted by atomic mass is 9.94. The maximum absolute atomic E-state index is 12.1. The van der Waals surface area contributed by atoms with E-state index in [1.165, 1.54) is 0 Å². The number of carboxylic acids is 1. The van der Waals surface area contributed by atoms with Gasteiger partial charge in [-0.25, -0.2) is 0 Å². The molecule has 0 saturated heterocycles. The predicted molar refractivity (Wildman–Crippen MR) is 80.3 cm³/mol. The van der Waals surface area contributed by atoms with Gasteiger partial charge in [0.1, 0.15) is 0 Å². The number of rotatable bonds is 9. The molecule has 6 nitrogen and oxygen atoms in total. The van der Waals surface area contributed by atoms with Gasteiger partial charge in [-0.05, 0) is 32.6 Å². The van der Waals surface area contributed by atoms with E-state index in [1.807, 2.05) is 6.92 Å². The van der Waals surface area contributed by atoms with Crippen molar-refractivity contribution in [2.24, 2.45) is 5.92 Å². The monoisotopic (exact) mass is 295 g/mol. The van der Waals surface area contributed by atoms with Crippen LogP contribution in [0, 0.1) is 19.8 Å². The fraction of sp³-hybridized carbons (Fsp3) is 0.667. The third-order valence-corrected chi connectivity index (χ3v) is 3.66. The summed E-state index contributed by atoms with van der Waals surface area (Å²) in [5.41, 5.74) is 2.06. The minimum Gasteiger partial charge on any atom is -0.481 e. The largest absolute Gasteiger partial charge is 0.481 e. The fourth-order valence-corrected chi connectivity index (χ4v) is 2.53. The molecule has 0 spiro atoms. The van der Waals surface area contributed by atoms with Crippen molar-refractivity contribution < 1.29 is 14.7 Å². The Kier molecular flexibility index (Phi) is 6.91. The molecule has 21 heavy (non-hydrogen) atoms. The van der Waals surface area contributed by atoms with Crippen LogP contribution in [0.1, 0.15) is 60.8 Å². The van der Waals surface area contributed by atoms with Gasteiger partial charge in [0.05, 0.1) is 11.3 Å². The Morgan fingerprint density at radius 3 is 2.52 bits per heavy atom. The number of carbonyl (C=O) groups excluding carboxylic acids is 1. The van der Waals surface area contributed by atoms with Gasteiger partial charge in [-0.15, -0.1) is 0 Å². The highest BCUT2D eigenvalue weighted by molar-refractivity contribution is 5.96. The van der Waals surface area contributed by atoms with Crippen LogP contribution in [0.2, 0.25) is 0 Å². The van der Waals surface area contributed by atoms with E-state index in [1.54, 1.807) is 6.92 Å². The number of nitrogens with one attached hydrogen (secondary N) is 2. The van der Waals surface area contributed by atoms with Crippen LogP contribution in [0.5, 0.6) is 0 Å². The number of aromatic amines is 1. The molecule has 0 fully saturated rings. The molecule has 1 unspecified atom stereocenters. The van der Waals surface area contributed by atoms with Crippen molar-refractivity contribution in [3.05, 3.63) is 17.0 Å². The van der Waals surface area contributed by atoms with Crippen LogP contribution in [0.25, 0.3) is 0 Å². The van der Waals surface area contributed by atoms with Crippen molar-refractivity contribution in [2.75, 3.05) is 6.54 Å². The standard InChI is InChI=1S/C15H25N3O3/c1-4-5-12(6-7-13(19)20)8-9-16-15(21)14-10(2)17-18-11(14)3/h12H,4-9H2,1-3H3,(H,16,21)(H,17,18)(H,19,20). The summed E-state index contributed by atoms with van der Waals surface area (Å²) in [6.45, 7) is 6.27. The summed E-state index contributed by atoms with van der Waals surface area (Å²) in [6.07, 6.45) is 3.69. The maximum Gasteiger partial charge on any atom is 0.303 e. The molecule has 1 aromatic rings. The topological polar surface area (TPSA) is 95.1 Å². The molecule has 0 aliphatic rings. The van der Waals surface area contributed by atoms with Gasteiger partial charge in [0.15, 0.2) is 0 Å². The molecule has 3 N–H and O–H groups in total. The van der Waals surface area contributed by atoms with Gasteiger partial charge in [0.25, 0.3) is 5.91 Å². The second-order valence-electron chi connectivity index (χ2n) is 5.44. The van der Waals surface area contributed by atoms with Crippen LogP contribution in [-0.4, -0.2) is 33.7 Å². The third kappa shape index (κ3) is 5.57. The molecule has 0 aromatic carbocycles. The second kappa shape index (κ2) is 8.44. The Balaban J connectivity index is 2.42. The fourth-order valence-electron chi connectivity index (χ4n) is 2.53. The van der Waals surface area contributed by atoms with Gasteiger partial charge in [-0.3, -0.25) is 14.7 Å². The zero-order valence-corrected chi connectivity index (χ0v) is 13.0. The Labute approximate surface area is 125 Å². The van der Waals surface area contributed by atoms with Gasteiger partial charge >= 0.3 is 5.97 Å². The first-order valence-corrected chi connectivity index (χ1v) is 7.47. The van der Waals surface area contributed by atoms with Crippen LogP contribution in [0.4, 0.5) is 0 Å². The smallest absolute Gasteiger partial charge is 0.303 e. The number of nitrogens with zero attached hydrogens (tertiary/aromatic N) is 1. The number of aryl methyl sites for hydroxylation is 2. The van der Waals surface area contributed by atoms with E-state index >= 15 is 0 Å². The van der Waals surface area contributed by atoms with Crippen molar-refractivity contribution in [1.29, 1.82) is 0 Å². The highest BCUT2D eigenvalue weighted by Crippen LogP contribution is 2.17. The molecule has 118 valence electrons. The molecular weight excluding hydrogens is 270 g/mol. The summed E-state index contributed by atoms with van der Waals surface area (Å²) in [4.78, 5) is 22.7. The highest BCUT2D eigenvalue weighted by Gasteiger charge is 2.16. The molecule has 0 aliphatic heterocycles. The normalized spacial score (nSPS) is 12.1. The quantitative estimate of drug-likeness (QED) is 0.652. The summed E-state index contributed by atoms with van der Waals surface area (Å²) in [7, 11) is 0. The molecular formula is C15H25N3O3. The highest BCUT2D eigenvalue weighted by atomic mass is 16.4. The van der Waals surface area contributed by atoms with Crippen LogP contribution >= 0.6 is 0 Å². The van der Waals surface area contributed by atoms with Crippen molar-refractivity contribution in [3.8, 4) is 0 Å².